The number of aldehydes is 1. The highest BCUT2D eigenvalue weighted by Crippen LogP contribution is 2.33. The number of esters is 1. The molecule has 7 nitrogen and oxygen atoms in total. The van der Waals surface area contributed by atoms with Gasteiger partial charge < -0.3 is 19.5 Å². The number of methoxy groups -OCH3 is 2. The van der Waals surface area contributed by atoms with Crippen LogP contribution >= 0.6 is 0 Å². The SMILES string of the molecule is COc1ccc(C=O)c(C(=O)OCC(=O)Nc2ccc(C)c(C)c2)c1OC. The highest BCUT2D eigenvalue weighted by atomic mass is 16.5. The third kappa shape index (κ3) is 4.63. The van der Waals surface area contributed by atoms with E-state index >= 15 is 0 Å². The molecule has 1 amide bonds. The molecule has 0 aliphatic rings. The third-order valence-corrected chi connectivity index (χ3v) is 4.03. The molecular weight excluding hydrogens is 350 g/mol. The Labute approximate surface area is 157 Å². The molecule has 0 fully saturated rings. The van der Waals surface area contributed by atoms with E-state index in [0.29, 0.717) is 12.0 Å². The van der Waals surface area contributed by atoms with Gasteiger partial charge in [-0.25, -0.2) is 4.79 Å². The van der Waals surface area contributed by atoms with Gasteiger partial charge in [0.25, 0.3) is 5.91 Å². The van der Waals surface area contributed by atoms with Crippen molar-refractivity contribution in [3.05, 3.63) is 52.6 Å². The lowest BCUT2D eigenvalue weighted by molar-refractivity contribution is -0.119. The third-order valence-electron chi connectivity index (χ3n) is 4.03. The molecule has 2 aromatic carbocycles. The van der Waals surface area contributed by atoms with Crippen LogP contribution < -0.4 is 14.8 Å². The van der Waals surface area contributed by atoms with E-state index < -0.39 is 18.5 Å². The fraction of sp³-hybridized carbons (Fsp3) is 0.250. The normalized spacial score (nSPS) is 10.1. The van der Waals surface area contributed by atoms with Gasteiger partial charge in [-0.3, -0.25) is 9.59 Å². The Kier molecular flexibility index (Phi) is 6.54. The van der Waals surface area contributed by atoms with Gasteiger partial charge in [0.05, 0.1) is 14.2 Å². The van der Waals surface area contributed by atoms with Crippen molar-refractivity contribution in [1.29, 1.82) is 0 Å². The number of ether oxygens (including phenoxy) is 3. The van der Waals surface area contributed by atoms with Crippen LogP contribution in [0.5, 0.6) is 11.5 Å². The van der Waals surface area contributed by atoms with Crippen LogP contribution in [0.25, 0.3) is 0 Å². The molecule has 0 bridgehead atoms. The first kappa shape index (κ1) is 20.0. The van der Waals surface area contributed by atoms with Crippen molar-refractivity contribution in [1.82, 2.24) is 0 Å². The average molecular weight is 371 g/mol. The highest BCUT2D eigenvalue weighted by molar-refractivity contribution is 6.03. The van der Waals surface area contributed by atoms with Crippen molar-refractivity contribution in [2.24, 2.45) is 0 Å². The van der Waals surface area contributed by atoms with Crippen molar-refractivity contribution in [2.75, 3.05) is 26.1 Å². The van der Waals surface area contributed by atoms with Gasteiger partial charge in [0.15, 0.2) is 24.4 Å². The number of benzene rings is 2. The topological polar surface area (TPSA) is 90.9 Å². The summed E-state index contributed by atoms with van der Waals surface area (Å²) >= 11 is 0. The Morgan fingerprint density at radius 2 is 1.78 bits per heavy atom. The highest BCUT2D eigenvalue weighted by Gasteiger charge is 2.23. The summed E-state index contributed by atoms with van der Waals surface area (Å²) in [5.41, 5.74) is 2.72. The molecule has 1 N–H and O–H groups in total. The maximum atomic E-state index is 12.4. The second kappa shape index (κ2) is 8.84. The summed E-state index contributed by atoms with van der Waals surface area (Å²) in [5, 5.41) is 2.65. The number of nitrogens with one attached hydrogen (secondary N) is 1. The lowest BCUT2D eigenvalue weighted by atomic mass is 10.1. The molecule has 27 heavy (non-hydrogen) atoms. The van der Waals surface area contributed by atoms with Crippen molar-refractivity contribution >= 4 is 23.9 Å². The van der Waals surface area contributed by atoms with Gasteiger partial charge in [0.2, 0.25) is 0 Å². The van der Waals surface area contributed by atoms with Crippen molar-refractivity contribution in [3.8, 4) is 11.5 Å². The van der Waals surface area contributed by atoms with Crippen molar-refractivity contribution in [3.63, 3.8) is 0 Å². The molecule has 2 aromatic rings. The molecular formula is C20H21NO6. The van der Waals surface area contributed by atoms with E-state index in [0.717, 1.165) is 11.1 Å². The van der Waals surface area contributed by atoms with E-state index in [1.54, 1.807) is 6.07 Å². The van der Waals surface area contributed by atoms with Crippen molar-refractivity contribution in [2.45, 2.75) is 13.8 Å². The summed E-state index contributed by atoms with van der Waals surface area (Å²) in [6.45, 7) is 3.39. The minimum absolute atomic E-state index is 0.0710. The molecule has 0 radical (unpaired) electrons. The standard InChI is InChI=1S/C20H21NO6/c1-12-5-7-15(9-13(12)2)21-17(23)11-27-20(24)18-14(10-22)6-8-16(25-3)19(18)26-4/h5-10H,11H2,1-4H3,(H,21,23). The molecule has 0 atom stereocenters. The number of carbonyl (C=O) groups excluding carboxylic acids is 3. The van der Waals surface area contributed by atoms with Crippen LogP contribution in [-0.4, -0.2) is 39.0 Å². The number of hydrogen-bond acceptors (Lipinski definition) is 6. The molecule has 0 aromatic heterocycles. The van der Waals surface area contributed by atoms with Crippen LogP contribution in [0, 0.1) is 13.8 Å². The van der Waals surface area contributed by atoms with Gasteiger partial charge in [-0.05, 0) is 49.2 Å². The minimum Gasteiger partial charge on any atom is -0.493 e. The summed E-state index contributed by atoms with van der Waals surface area (Å²) < 4.78 is 15.4. The number of anilines is 1. The fourth-order valence-electron chi connectivity index (χ4n) is 2.47. The molecule has 0 aliphatic carbocycles. The largest absolute Gasteiger partial charge is 0.493 e. The van der Waals surface area contributed by atoms with E-state index in [9.17, 15) is 14.4 Å². The zero-order valence-electron chi connectivity index (χ0n) is 15.6. The van der Waals surface area contributed by atoms with E-state index in [2.05, 4.69) is 5.32 Å². The Hall–Kier alpha value is -3.35. The van der Waals surface area contributed by atoms with E-state index in [-0.39, 0.29) is 22.6 Å². The predicted molar refractivity (Wildman–Crippen MR) is 99.8 cm³/mol. The molecule has 2 rings (SSSR count). The lowest BCUT2D eigenvalue weighted by Crippen LogP contribution is -2.22. The summed E-state index contributed by atoms with van der Waals surface area (Å²) in [4.78, 5) is 35.7. The molecule has 0 spiro atoms. The number of hydrogen-bond donors (Lipinski definition) is 1. The van der Waals surface area contributed by atoms with Gasteiger partial charge in [0, 0.05) is 11.3 Å². The molecule has 0 heterocycles. The monoisotopic (exact) mass is 371 g/mol. The van der Waals surface area contributed by atoms with Crippen LogP contribution in [0.15, 0.2) is 30.3 Å². The zero-order chi connectivity index (χ0) is 20.0. The second-order valence-corrected chi connectivity index (χ2v) is 5.81. The van der Waals surface area contributed by atoms with Crippen molar-refractivity contribution < 1.29 is 28.6 Å². The van der Waals surface area contributed by atoms with E-state index in [1.807, 2.05) is 26.0 Å². The van der Waals surface area contributed by atoms with Gasteiger partial charge in [-0.1, -0.05) is 6.07 Å². The average Bonchev–Trinajstić information content (AvgIpc) is 2.67. The molecule has 0 saturated carbocycles. The number of amides is 1. The Morgan fingerprint density at radius 3 is 2.37 bits per heavy atom. The molecule has 142 valence electrons. The maximum Gasteiger partial charge on any atom is 0.343 e. The van der Waals surface area contributed by atoms with Crippen LogP contribution in [0.2, 0.25) is 0 Å². The zero-order valence-corrected chi connectivity index (χ0v) is 15.6. The first-order valence-corrected chi connectivity index (χ1v) is 8.15. The Balaban J connectivity index is 2.12. The minimum atomic E-state index is -0.858. The smallest absolute Gasteiger partial charge is 0.343 e. The molecule has 7 heteroatoms. The number of rotatable bonds is 7. The van der Waals surface area contributed by atoms with Gasteiger partial charge in [-0.2, -0.15) is 0 Å². The lowest BCUT2D eigenvalue weighted by Gasteiger charge is -2.14. The van der Waals surface area contributed by atoms with E-state index in [4.69, 9.17) is 14.2 Å². The Morgan fingerprint density at radius 1 is 1.04 bits per heavy atom. The number of aryl methyl sites for hydroxylation is 2. The van der Waals surface area contributed by atoms with Crippen LogP contribution in [0.3, 0.4) is 0 Å². The second-order valence-electron chi connectivity index (χ2n) is 5.81. The van der Waals surface area contributed by atoms with Crippen LogP contribution in [0.1, 0.15) is 31.8 Å². The fourth-order valence-corrected chi connectivity index (χ4v) is 2.47. The van der Waals surface area contributed by atoms with Gasteiger partial charge in [-0.15, -0.1) is 0 Å². The van der Waals surface area contributed by atoms with Gasteiger partial charge >= 0.3 is 5.97 Å². The maximum absolute atomic E-state index is 12.4. The molecule has 0 saturated heterocycles. The molecule has 0 unspecified atom stereocenters. The van der Waals surface area contributed by atoms with Crippen LogP contribution in [-0.2, 0) is 9.53 Å². The summed E-state index contributed by atoms with van der Waals surface area (Å²) in [6, 6.07) is 8.39. The Bertz CT molecular complexity index is 875. The van der Waals surface area contributed by atoms with Crippen LogP contribution in [0.4, 0.5) is 5.69 Å². The first-order valence-electron chi connectivity index (χ1n) is 8.15. The first-order chi connectivity index (χ1) is 12.9. The summed E-state index contributed by atoms with van der Waals surface area (Å²) in [5.74, 6) is -1.01. The van der Waals surface area contributed by atoms with E-state index in [1.165, 1.54) is 26.4 Å². The summed E-state index contributed by atoms with van der Waals surface area (Å²) in [7, 11) is 2.75. The summed E-state index contributed by atoms with van der Waals surface area (Å²) in [6.07, 6.45) is 0.508. The predicted octanol–water partition coefficient (Wildman–Crippen LogP) is 2.93. The molecule has 0 aliphatic heterocycles. The quantitative estimate of drug-likeness (QED) is 0.594. The van der Waals surface area contributed by atoms with Gasteiger partial charge in [0.1, 0.15) is 5.56 Å². The number of carbonyl (C=O) groups is 3.